The molecule has 1 amide bonds. The van der Waals surface area contributed by atoms with Crippen LogP contribution in [0, 0.1) is 16.7 Å². The number of fused-ring (bicyclic) bond motifs is 5. The van der Waals surface area contributed by atoms with E-state index in [1.165, 1.54) is 32.9 Å². The predicted octanol–water partition coefficient (Wildman–Crippen LogP) is 2.44. The summed E-state index contributed by atoms with van der Waals surface area (Å²) in [6.07, 6.45) is -10.3. The number of Topliss-reactive ketones (excluding diaryl/α,β-unsaturated/α-hetero) is 1. The largest absolute Gasteiger partial charge is 0.456 e. The van der Waals surface area contributed by atoms with E-state index in [0.29, 0.717) is 5.56 Å². The van der Waals surface area contributed by atoms with Gasteiger partial charge < -0.3 is 44.3 Å². The molecule has 0 aromatic heterocycles. The van der Waals surface area contributed by atoms with Crippen molar-refractivity contribution in [3.05, 3.63) is 82.9 Å². The molecule has 11 atom stereocenters. The molecule has 4 aliphatic rings. The van der Waals surface area contributed by atoms with E-state index in [4.69, 9.17) is 23.7 Å². The van der Waals surface area contributed by atoms with E-state index < -0.39 is 113 Å². The van der Waals surface area contributed by atoms with Crippen molar-refractivity contribution in [1.82, 2.24) is 5.32 Å². The quantitative estimate of drug-likeness (QED) is 0.162. The number of hydrogen-bond donors (Lipinski definition) is 4. The van der Waals surface area contributed by atoms with Crippen LogP contribution < -0.4 is 5.32 Å². The third-order valence-electron chi connectivity index (χ3n) is 12.5. The molecule has 1 radical (unpaired) electrons. The summed E-state index contributed by atoms with van der Waals surface area (Å²) in [6.45, 7) is 9.19. The summed E-state index contributed by atoms with van der Waals surface area (Å²) in [5.41, 5.74) is -7.15. The molecule has 10 unspecified atom stereocenters. The fraction of sp³-hybridized carbons (Fsp3) is 0.524. The summed E-state index contributed by atoms with van der Waals surface area (Å²) in [4.78, 5) is 81.5. The molecule has 16 heteroatoms. The minimum absolute atomic E-state index is 0. The minimum Gasteiger partial charge on any atom is -0.456 e. The summed E-state index contributed by atoms with van der Waals surface area (Å²) >= 11 is 0. The number of carbonyl (C=O) groups is 6. The Hall–Kier alpha value is -3.86. The van der Waals surface area contributed by atoms with Crippen molar-refractivity contribution in [3.63, 3.8) is 0 Å². The Morgan fingerprint density at radius 1 is 0.897 bits per heavy atom. The molecule has 1 aliphatic heterocycles. The van der Waals surface area contributed by atoms with Crippen LogP contribution in [0.2, 0.25) is 0 Å². The van der Waals surface area contributed by atoms with Crippen LogP contribution in [0.5, 0.6) is 0 Å². The Labute approximate surface area is 361 Å². The molecule has 1 heterocycles. The molecular weight excluding hydrogens is 831 g/mol. The summed E-state index contributed by atoms with van der Waals surface area (Å²) in [6, 6.07) is 14.8. The van der Waals surface area contributed by atoms with Gasteiger partial charge in [0.2, 0.25) is 5.91 Å². The van der Waals surface area contributed by atoms with Crippen LogP contribution in [0.15, 0.2) is 71.8 Å². The molecule has 4 N–H and O–H groups in total. The van der Waals surface area contributed by atoms with Gasteiger partial charge in [-0.25, -0.2) is 9.59 Å². The van der Waals surface area contributed by atoms with Crippen molar-refractivity contribution in [2.45, 2.75) is 115 Å². The van der Waals surface area contributed by atoms with Gasteiger partial charge in [-0.3, -0.25) is 19.2 Å². The smallest absolute Gasteiger partial charge is 0.338 e. The van der Waals surface area contributed by atoms with E-state index in [2.05, 4.69) is 5.32 Å². The molecule has 6 rings (SSSR count). The third kappa shape index (κ3) is 7.47. The van der Waals surface area contributed by atoms with Crippen LogP contribution in [0.1, 0.15) is 83.3 Å². The molecule has 15 nitrogen and oxygen atoms in total. The van der Waals surface area contributed by atoms with Gasteiger partial charge in [0.05, 0.1) is 35.6 Å². The van der Waals surface area contributed by atoms with Gasteiger partial charge in [-0.2, -0.15) is 0 Å². The molecular formula is C42H49NO14Y. The van der Waals surface area contributed by atoms with Crippen molar-refractivity contribution in [1.29, 1.82) is 0 Å². The van der Waals surface area contributed by atoms with E-state index in [9.17, 15) is 39.3 Å². The van der Waals surface area contributed by atoms with Crippen LogP contribution in [0.25, 0.3) is 0 Å². The van der Waals surface area contributed by atoms with Gasteiger partial charge in [-0.15, -0.1) is 0 Å². The molecule has 1 saturated heterocycles. The first-order valence-electron chi connectivity index (χ1n) is 18.8. The zero-order valence-electron chi connectivity index (χ0n) is 33.4. The fourth-order valence-corrected chi connectivity index (χ4v) is 9.59. The zero-order chi connectivity index (χ0) is 41.8. The number of carbonyl (C=O) groups excluding carboxylic acids is 6. The van der Waals surface area contributed by atoms with Crippen LogP contribution >= 0.6 is 0 Å². The second-order valence-electron chi connectivity index (χ2n) is 16.2. The zero-order valence-corrected chi connectivity index (χ0v) is 36.3. The molecule has 58 heavy (non-hydrogen) atoms. The first kappa shape index (κ1) is 45.2. The Morgan fingerprint density at radius 3 is 2.03 bits per heavy atom. The maximum atomic E-state index is 15.4. The van der Waals surface area contributed by atoms with E-state index in [-0.39, 0.29) is 62.4 Å². The van der Waals surface area contributed by atoms with E-state index >= 15 is 4.79 Å². The number of ketones is 1. The minimum atomic E-state index is -2.37. The molecule has 2 aromatic carbocycles. The topological polar surface area (TPSA) is 221 Å². The maximum absolute atomic E-state index is 15.4. The standard InChI is InChI=1S/C42H49NO14.Y/c1-21-27(55-38(51)32(48)31(43-22(2)44)25-14-10-8-11-15-25)19-42(52)36(56-37(50)26-16-12-9-13-17-26)34-40(7,28(47)18-29-41(34,20-53-29)57-24(4)46)35(49)33(54-23(3)45)30(21)39(42,5)6;/h8-17,27-29,31-34,36,47-48,52H,18-20H2,1-7H3,(H,43,44);/t27?,28?,29?,31?,32?,33?,34?,36?,40-,41?,42?;/m1./s1. The number of rotatable bonds is 9. The molecule has 309 valence electrons. The van der Waals surface area contributed by atoms with Crippen molar-refractivity contribution in [2.75, 3.05) is 6.61 Å². The Morgan fingerprint density at radius 2 is 1.50 bits per heavy atom. The SMILES string of the molecule is CC(=O)NC(c1ccccc1)C(O)C(=O)OC1CC2(O)C(OC(=O)c3ccccc3)C3C4(OC(C)=O)COC4CC(O)[C@@]3(C)C(=O)C(OC(C)=O)C(=C1C)C2(C)C.[Y]. The summed E-state index contributed by atoms with van der Waals surface area (Å²) in [5.74, 6) is -6.74. The second-order valence-corrected chi connectivity index (χ2v) is 16.2. The first-order valence-corrected chi connectivity index (χ1v) is 18.8. The van der Waals surface area contributed by atoms with Crippen LogP contribution in [0.4, 0.5) is 0 Å². The summed E-state index contributed by atoms with van der Waals surface area (Å²) in [7, 11) is 0. The van der Waals surface area contributed by atoms with Crippen molar-refractivity contribution < 1.29 is 100 Å². The molecule has 2 saturated carbocycles. The molecule has 3 fully saturated rings. The number of aliphatic hydroxyl groups excluding tert-OH is 2. The van der Waals surface area contributed by atoms with E-state index in [1.54, 1.807) is 62.4 Å². The van der Waals surface area contributed by atoms with Crippen LogP contribution in [0.3, 0.4) is 0 Å². The van der Waals surface area contributed by atoms with E-state index in [0.717, 1.165) is 13.8 Å². The number of amides is 1. The van der Waals surface area contributed by atoms with Crippen molar-refractivity contribution >= 4 is 35.6 Å². The van der Waals surface area contributed by atoms with Crippen molar-refractivity contribution in [2.24, 2.45) is 16.7 Å². The number of ether oxygens (including phenoxy) is 5. The van der Waals surface area contributed by atoms with Gasteiger partial charge in [-0.05, 0) is 42.7 Å². The second kappa shape index (κ2) is 16.7. The average Bonchev–Trinajstić information content (AvgIpc) is 3.15. The van der Waals surface area contributed by atoms with Gasteiger partial charge in [-0.1, -0.05) is 62.4 Å². The summed E-state index contributed by atoms with van der Waals surface area (Å²) < 4.78 is 30.0. The van der Waals surface area contributed by atoms with Gasteiger partial charge in [0.25, 0.3) is 0 Å². The van der Waals surface area contributed by atoms with Crippen LogP contribution in [-0.4, -0.2) is 105 Å². The number of aliphatic hydroxyl groups is 3. The van der Waals surface area contributed by atoms with Gasteiger partial charge in [0.15, 0.2) is 23.6 Å². The fourth-order valence-electron chi connectivity index (χ4n) is 9.59. The Balaban J connectivity index is 0.00000641. The van der Waals surface area contributed by atoms with Crippen molar-refractivity contribution in [3.8, 4) is 0 Å². The van der Waals surface area contributed by atoms with E-state index in [1.807, 2.05) is 0 Å². The number of hydrogen-bond acceptors (Lipinski definition) is 14. The molecule has 2 bridgehead atoms. The Kier molecular flexibility index (Phi) is 13.0. The number of nitrogens with one attached hydrogen (secondary N) is 1. The normalized spacial score (nSPS) is 33.1. The van der Waals surface area contributed by atoms with Gasteiger partial charge in [0.1, 0.15) is 23.9 Å². The molecule has 0 spiro atoms. The first-order chi connectivity index (χ1) is 26.7. The average molecular weight is 881 g/mol. The number of benzene rings is 2. The van der Waals surface area contributed by atoms with Crippen LogP contribution in [-0.2, 0) is 80.4 Å². The monoisotopic (exact) mass is 880 g/mol. The maximum Gasteiger partial charge on any atom is 0.338 e. The Bertz CT molecular complexity index is 1990. The summed E-state index contributed by atoms with van der Waals surface area (Å²) in [5, 5.41) is 39.5. The predicted molar refractivity (Wildman–Crippen MR) is 198 cm³/mol. The van der Waals surface area contributed by atoms with Gasteiger partial charge in [0, 0.05) is 71.7 Å². The molecule has 2 aromatic rings. The third-order valence-corrected chi connectivity index (χ3v) is 12.5. The van der Waals surface area contributed by atoms with Gasteiger partial charge >= 0.3 is 23.9 Å². The number of esters is 4. The molecule has 3 aliphatic carbocycles.